The second-order valence-corrected chi connectivity index (χ2v) is 7.11. The first kappa shape index (κ1) is 18.7. The molecule has 3 aromatic carbocycles. The smallest absolute Gasteiger partial charge is 0.262 e. The second-order valence-electron chi connectivity index (χ2n) is 6.00. The number of para-hydroxylation sites is 1. The Balaban J connectivity index is 1.35. The molecule has 1 amide bonds. The molecule has 0 atom stereocenters. The summed E-state index contributed by atoms with van der Waals surface area (Å²) in [5.41, 5.74) is 1.56. The average molecular weight is 403 g/mol. The van der Waals surface area contributed by atoms with Crippen LogP contribution in [-0.2, 0) is 4.79 Å². The fourth-order valence-electron chi connectivity index (χ4n) is 2.58. The van der Waals surface area contributed by atoms with Gasteiger partial charge in [-0.3, -0.25) is 4.79 Å². The van der Waals surface area contributed by atoms with Crippen molar-refractivity contribution in [2.45, 2.75) is 9.79 Å². The van der Waals surface area contributed by atoms with E-state index in [1.54, 1.807) is 23.9 Å². The van der Waals surface area contributed by atoms with Crippen LogP contribution in [-0.4, -0.2) is 32.7 Å². The van der Waals surface area contributed by atoms with Gasteiger partial charge in [-0.05, 0) is 59.0 Å². The van der Waals surface area contributed by atoms with Crippen LogP contribution in [0.15, 0.2) is 95.0 Å². The molecule has 0 saturated heterocycles. The van der Waals surface area contributed by atoms with E-state index in [-0.39, 0.29) is 12.5 Å². The molecule has 144 valence electrons. The van der Waals surface area contributed by atoms with E-state index >= 15 is 0 Å². The second kappa shape index (κ2) is 9.03. The Morgan fingerprint density at radius 3 is 2.48 bits per heavy atom. The molecule has 0 radical (unpaired) electrons. The normalized spacial score (nSPS) is 10.5. The van der Waals surface area contributed by atoms with Gasteiger partial charge in [0.25, 0.3) is 5.91 Å². The van der Waals surface area contributed by atoms with Crippen LogP contribution in [0.25, 0.3) is 5.69 Å². The molecule has 29 heavy (non-hydrogen) atoms. The SMILES string of the molecule is O=C(COc1ccc(-n2cnnn2)cc1)Nc1ccccc1Sc1ccccc1. The molecule has 1 aromatic heterocycles. The Morgan fingerprint density at radius 2 is 1.72 bits per heavy atom. The Labute approximate surface area is 171 Å². The minimum Gasteiger partial charge on any atom is -0.484 e. The lowest BCUT2D eigenvalue weighted by molar-refractivity contribution is -0.118. The van der Waals surface area contributed by atoms with Gasteiger partial charge in [-0.15, -0.1) is 5.10 Å². The van der Waals surface area contributed by atoms with E-state index < -0.39 is 0 Å². The van der Waals surface area contributed by atoms with Crippen molar-refractivity contribution >= 4 is 23.4 Å². The van der Waals surface area contributed by atoms with Gasteiger partial charge in [-0.2, -0.15) is 0 Å². The van der Waals surface area contributed by atoms with Crippen LogP contribution in [0.4, 0.5) is 5.69 Å². The topological polar surface area (TPSA) is 81.9 Å². The molecule has 1 heterocycles. The minimum absolute atomic E-state index is 0.0887. The minimum atomic E-state index is -0.226. The maximum atomic E-state index is 12.4. The Morgan fingerprint density at radius 1 is 0.966 bits per heavy atom. The van der Waals surface area contributed by atoms with Crippen LogP contribution in [0.5, 0.6) is 5.75 Å². The highest BCUT2D eigenvalue weighted by atomic mass is 32.2. The molecule has 0 aliphatic heterocycles. The van der Waals surface area contributed by atoms with Crippen LogP contribution in [0.1, 0.15) is 0 Å². The Bertz CT molecular complexity index is 1070. The molecule has 4 aromatic rings. The fraction of sp³-hybridized carbons (Fsp3) is 0.0476. The molecule has 1 N–H and O–H groups in total. The van der Waals surface area contributed by atoms with Gasteiger partial charge in [0.05, 0.1) is 11.4 Å². The summed E-state index contributed by atoms with van der Waals surface area (Å²) in [6.07, 6.45) is 1.51. The first-order chi connectivity index (χ1) is 14.3. The van der Waals surface area contributed by atoms with E-state index in [2.05, 4.69) is 20.8 Å². The van der Waals surface area contributed by atoms with Crippen molar-refractivity contribution in [2.24, 2.45) is 0 Å². The van der Waals surface area contributed by atoms with Crippen LogP contribution in [0.3, 0.4) is 0 Å². The van der Waals surface area contributed by atoms with Crippen molar-refractivity contribution in [3.63, 3.8) is 0 Å². The first-order valence-electron chi connectivity index (χ1n) is 8.86. The maximum Gasteiger partial charge on any atom is 0.262 e. The molecule has 0 aliphatic rings. The van der Waals surface area contributed by atoms with Crippen LogP contribution >= 0.6 is 11.8 Å². The number of hydrogen-bond donors (Lipinski definition) is 1. The zero-order chi connectivity index (χ0) is 19.9. The van der Waals surface area contributed by atoms with Crippen molar-refractivity contribution in [1.29, 1.82) is 0 Å². The van der Waals surface area contributed by atoms with Gasteiger partial charge >= 0.3 is 0 Å². The molecular formula is C21H17N5O2S. The molecule has 0 aliphatic carbocycles. The number of anilines is 1. The van der Waals surface area contributed by atoms with Crippen LogP contribution < -0.4 is 10.1 Å². The summed E-state index contributed by atoms with van der Waals surface area (Å²) < 4.78 is 7.13. The number of rotatable bonds is 7. The molecule has 0 fully saturated rings. The van der Waals surface area contributed by atoms with Gasteiger partial charge < -0.3 is 10.1 Å². The van der Waals surface area contributed by atoms with Crippen molar-refractivity contribution < 1.29 is 9.53 Å². The predicted molar refractivity (Wildman–Crippen MR) is 110 cm³/mol. The molecule has 0 bridgehead atoms. The number of aromatic nitrogens is 4. The molecule has 0 saturated carbocycles. The number of benzene rings is 3. The largest absolute Gasteiger partial charge is 0.484 e. The summed E-state index contributed by atoms with van der Waals surface area (Å²) in [6, 6.07) is 24.9. The maximum absolute atomic E-state index is 12.4. The number of amides is 1. The van der Waals surface area contributed by atoms with E-state index in [1.807, 2.05) is 66.7 Å². The monoisotopic (exact) mass is 403 g/mol. The third-order valence-corrected chi connectivity index (χ3v) is 5.04. The number of tetrazole rings is 1. The zero-order valence-electron chi connectivity index (χ0n) is 15.3. The number of ether oxygens (including phenoxy) is 1. The summed E-state index contributed by atoms with van der Waals surface area (Å²) in [5, 5.41) is 13.9. The van der Waals surface area contributed by atoms with Gasteiger partial charge in [0.15, 0.2) is 6.61 Å². The average Bonchev–Trinajstić information content (AvgIpc) is 3.30. The lowest BCUT2D eigenvalue weighted by Gasteiger charge is -2.11. The van der Waals surface area contributed by atoms with Gasteiger partial charge in [0.1, 0.15) is 12.1 Å². The van der Waals surface area contributed by atoms with E-state index in [1.165, 1.54) is 11.0 Å². The number of carbonyl (C=O) groups excluding carboxylic acids is 1. The molecule has 0 unspecified atom stereocenters. The molecule has 0 spiro atoms. The van der Waals surface area contributed by atoms with Gasteiger partial charge in [0.2, 0.25) is 0 Å². The molecule has 7 nitrogen and oxygen atoms in total. The Hall–Kier alpha value is -3.65. The summed E-state index contributed by atoms with van der Waals surface area (Å²) in [4.78, 5) is 14.4. The Kier molecular flexibility index (Phi) is 5.82. The summed E-state index contributed by atoms with van der Waals surface area (Å²) in [6.45, 7) is -0.0887. The third-order valence-electron chi connectivity index (χ3n) is 3.95. The number of carbonyl (C=O) groups is 1. The van der Waals surface area contributed by atoms with Crippen molar-refractivity contribution in [1.82, 2.24) is 20.2 Å². The highest BCUT2D eigenvalue weighted by Gasteiger charge is 2.09. The summed E-state index contributed by atoms with van der Waals surface area (Å²) >= 11 is 1.60. The van der Waals surface area contributed by atoms with Gasteiger partial charge in [-0.1, -0.05) is 42.1 Å². The highest BCUT2D eigenvalue weighted by Crippen LogP contribution is 2.33. The fourth-order valence-corrected chi connectivity index (χ4v) is 3.51. The predicted octanol–water partition coefficient (Wildman–Crippen LogP) is 3.83. The number of nitrogens with zero attached hydrogens (tertiary/aromatic N) is 4. The summed E-state index contributed by atoms with van der Waals surface area (Å²) in [5.74, 6) is 0.361. The third kappa shape index (κ3) is 4.99. The van der Waals surface area contributed by atoms with Gasteiger partial charge in [-0.25, -0.2) is 4.68 Å². The molecule has 4 rings (SSSR count). The lowest BCUT2D eigenvalue weighted by atomic mass is 10.3. The van der Waals surface area contributed by atoms with Crippen molar-refractivity contribution in [3.8, 4) is 11.4 Å². The molecular weight excluding hydrogens is 386 g/mol. The zero-order valence-corrected chi connectivity index (χ0v) is 16.1. The van der Waals surface area contributed by atoms with E-state index in [9.17, 15) is 4.79 Å². The quantitative estimate of drug-likeness (QED) is 0.505. The van der Waals surface area contributed by atoms with Gasteiger partial charge in [0, 0.05) is 9.79 Å². The van der Waals surface area contributed by atoms with Crippen LogP contribution in [0, 0.1) is 0 Å². The van der Waals surface area contributed by atoms with E-state index in [4.69, 9.17) is 4.74 Å². The van der Waals surface area contributed by atoms with E-state index in [0.717, 1.165) is 21.2 Å². The van der Waals surface area contributed by atoms with E-state index in [0.29, 0.717) is 5.75 Å². The highest BCUT2D eigenvalue weighted by molar-refractivity contribution is 7.99. The first-order valence-corrected chi connectivity index (χ1v) is 9.67. The molecule has 8 heteroatoms. The standard InChI is InChI=1S/C21H17N5O2S/c27-21(14-28-17-12-10-16(11-13-17)26-15-22-24-25-26)23-19-8-4-5-9-20(19)29-18-6-2-1-3-7-18/h1-13,15H,14H2,(H,23,27). The number of hydrogen-bond acceptors (Lipinski definition) is 6. The van der Waals surface area contributed by atoms with Crippen molar-refractivity contribution in [2.75, 3.05) is 11.9 Å². The van der Waals surface area contributed by atoms with Crippen molar-refractivity contribution in [3.05, 3.63) is 85.2 Å². The lowest BCUT2D eigenvalue weighted by Crippen LogP contribution is -2.20. The van der Waals surface area contributed by atoms with Crippen LogP contribution in [0.2, 0.25) is 0 Å². The summed E-state index contributed by atoms with van der Waals surface area (Å²) in [7, 11) is 0. The number of nitrogens with one attached hydrogen (secondary N) is 1.